The fourth-order valence-corrected chi connectivity index (χ4v) is 1.15. The summed E-state index contributed by atoms with van der Waals surface area (Å²) in [6.45, 7) is 2.62. The fourth-order valence-electron chi connectivity index (χ4n) is 1.15. The van der Waals surface area contributed by atoms with Crippen LogP contribution in [0, 0.1) is 5.92 Å². The topological polar surface area (TPSA) is 90.2 Å². The van der Waals surface area contributed by atoms with Gasteiger partial charge in [-0.15, -0.1) is 4.73 Å². The second kappa shape index (κ2) is 6.87. The van der Waals surface area contributed by atoms with Crippen LogP contribution in [0.1, 0.15) is 6.92 Å². The first-order valence-corrected chi connectivity index (χ1v) is 5.44. The third-order valence-corrected chi connectivity index (χ3v) is 2.18. The van der Waals surface area contributed by atoms with Gasteiger partial charge in [0.1, 0.15) is 0 Å². The van der Waals surface area contributed by atoms with Crippen molar-refractivity contribution in [1.82, 2.24) is 4.73 Å². The zero-order valence-electron chi connectivity index (χ0n) is 10.3. The number of aromatic hydroxyl groups is 2. The predicted octanol–water partition coefficient (Wildman–Crippen LogP) is 0.154. The van der Waals surface area contributed by atoms with Crippen LogP contribution in [0.15, 0.2) is 12.1 Å². The molecule has 0 aliphatic heterocycles. The lowest BCUT2D eigenvalue weighted by atomic mass is 10.2. The lowest BCUT2D eigenvalue weighted by molar-refractivity contribution is -0.151. The molecule has 0 radical (unpaired) electrons. The van der Waals surface area contributed by atoms with Crippen molar-refractivity contribution in [3.05, 3.63) is 12.1 Å². The molecule has 0 spiro atoms. The highest BCUT2D eigenvalue weighted by molar-refractivity contribution is 5.72. The van der Waals surface area contributed by atoms with Crippen LogP contribution < -0.4 is 4.84 Å². The quantitative estimate of drug-likeness (QED) is 0.678. The molecule has 0 amide bonds. The van der Waals surface area contributed by atoms with Gasteiger partial charge in [0.2, 0.25) is 11.8 Å². The van der Waals surface area contributed by atoms with Gasteiger partial charge in [-0.1, -0.05) is 0 Å². The molecule has 0 saturated heterocycles. The van der Waals surface area contributed by atoms with E-state index in [0.29, 0.717) is 17.9 Å². The largest absolute Gasteiger partial charge is 0.492 e. The number of ether oxygens (including phenoxy) is 2. The molecule has 2 N–H and O–H groups in total. The number of carbonyl (C=O) groups excluding carboxylic acids is 1. The number of carbonyl (C=O) groups is 1. The van der Waals surface area contributed by atoms with Crippen LogP contribution in [0.25, 0.3) is 0 Å². The Kier molecular flexibility index (Phi) is 5.47. The minimum absolute atomic E-state index is 0.172. The Labute approximate surface area is 104 Å². The first-order chi connectivity index (χ1) is 8.56. The van der Waals surface area contributed by atoms with Crippen molar-refractivity contribution in [3.8, 4) is 11.8 Å². The Balaban J connectivity index is 2.40. The lowest BCUT2D eigenvalue weighted by Crippen LogP contribution is -2.28. The molecule has 1 aromatic heterocycles. The van der Waals surface area contributed by atoms with Gasteiger partial charge in [0, 0.05) is 19.2 Å². The Bertz CT molecular complexity index is 369. The third-order valence-electron chi connectivity index (χ3n) is 2.18. The van der Waals surface area contributed by atoms with Gasteiger partial charge in [0.05, 0.1) is 25.7 Å². The van der Waals surface area contributed by atoms with Crippen LogP contribution in [0.3, 0.4) is 0 Å². The van der Waals surface area contributed by atoms with Crippen molar-refractivity contribution < 1.29 is 29.3 Å². The molecule has 7 nitrogen and oxygen atoms in total. The van der Waals surface area contributed by atoms with Crippen LogP contribution in [0.2, 0.25) is 0 Å². The van der Waals surface area contributed by atoms with Gasteiger partial charge in [-0.3, -0.25) is 0 Å². The summed E-state index contributed by atoms with van der Waals surface area (Å²) < 4.78 is 10.6. The Morgan fingerprint density at radius 3 is 2.50 bits per heavy atom. The number of aromatic nitrogens is 1. The van der Waals surface area contributed by atoms with Gasteiger partial charge in [-0.25, -0.2) is 4.79 Å². The molecule has 0 aliphatic rings. The molecule has 0 aromatic carbocycles. The van der Waals surface area contributed by atoms with E-state index in [1.54, 1.807) is 14.0 Å². The molecule has 0 saturated carbocycles. The van der Waals surface area contributed by atoms with E-state index >= 15 is 0 Å². The summed E-state index contributed by atoms with van der Waals surface area (Å²) in [6.07, 6.45) is 0. The average Bonchev–Trinajstić information content (AvgIpc) is 2.66. The van der Waals surface area contributed by atoms with Gasteiger partial charge >= 0.3 is 5.97 Å². The molecule has 1 aromatic rings. The maximum atomic E-state index is 11.6. The van der Waals surface area contributed by atoms with Crippen LogP contribution in [-0.4, -0.2) is 47.8 Å². The molecule has 18 heavy (non-hydrogen) atoms. The summed E-state index contributed by atoms with van der Waals surface area (Å²) in [5, 5.41) is 18.6. The van der Waals surface area contributed by atoms with Crippen LogP contribution in [-0.2, 0) is 14.3 Å². The predicted molar refractivity (Wildman–Crippen MR) is 61.2 cm³/mol. The third kappa shape index (κ3) is 3.94. The van der Waals surface area contributed by atoms with Gasteiger partial charge in [0.25, 0.3) is 0 Å². The zero-order chi connectivity index (χ0) is 13.5. The molecule has 0 fully saturated rings. The number of methoxy groups -OCH3 is 1. The van der Waals surface area contributed by atoms with E-state index in [1.165, 1.54) is 12.1 Å². The highest BCUT2D eigenvalue weighted by Gasteiger charge is 2.18. The molecule has 0 aliphatic carbocycles. The van der Waals surface area contributed by atoms with Crippen molar-refractivity contribution in [3.63, 3.8) is 0 Å². The minimum Gasteiger partial charge on any atom is -0.492 e. The maximum absolute atomic E-state index is 11.6. The molecule has 7 heteroatoms. The second-order valence-corrected chi connectivity index (χ2v) is 3.72. The summed E-state index contributed by atoms with van der Waals surface area (Å²) >= 11 is 0. The number of hydrogen-bond donors (Lipinski definition) is 2. The monoisotopic (exact) mass is 259 g/mol. The Morgan fingerprint density at radius 1 is 1.33 bits per heavy atom. The molecule has 0 bridgehead atoms. The van der Waals surface area contributed by atoms with E-state index in [1.807, 2.05) is 0 Å². The summed E-state index contributed by atoms with van der Waals surface area (Å²) in [5.74, 6) is -1.85. The molecule has 102 valence electrons. The van der Waals surface area contributed by atoms with Crippen LogP contribution in [0.4, 0.5) is 0 Å². The summed E-state index contributed by atoms with van der Waals surface area (Å²) in [5.41, 5.74) is 0. The summed E-state index contributed by atoms with van der Waals surface area (Å²) in [6, 6.07) is 2.42. The summed E-state index contributed by atoms with van der Waals surface area (Å²) in [4.78, 5) is 16.4. The van der Waals surface area contributed by atoms with E-state index in [2.05, 4.69) is 0 Å². The fraction of sp³-hybridized carbons (Fsp3) is 0.545. The van der Waals surface area contributed by atoms with E-state index in [0.717, 1.165) is 0 Å². The van der Waals surface area contributed by atoms with Crippen molar-refractivity contribution in [2.75, 3.05) is 26.9 Å². The number of hydrogen-bond acceptors (Lipinski definition) is 6. The molecule has 1 atom stereocenters. The van der Waals surface area contributed by atoms with Gasteiger partial charge in [0.15, 0.2) is 0 Å². The Hall–Kier alpha value is -1.73. The van der Waals surface area contributed by atoms with Gasteiger partial charge in [-0.2, -0.15) is 0 Å². The highest BCUT2D eigenvalue weighted by atomic mass is 16.7. The molecule has 1 heterocycles. The second-order valence-electron chi connectivity index (χ2n) is 3.72. The SMILES string of the molecule is COCCOCC(C)C(=O)On1c(O)ccc1O. The van der Waals surface area contributed by atoms with Crippen LogP contribution in [0.5, 0.6) is 11.8 Å². The summed E-state index contributed by atoms with van der Waals surface area (Å²) in [7, 11) is 1.55. The highest BCUT2D eigenvalue weighted by Crippen LogP contribution is 2.19. The molecular formula is C11H17NO6. The van der Waals surface area contributed by atoms with Crippen molar-refractivity contribution in [2.24, 2.45) is 5.92 Å². The van der Waals surface area contributed by atoms with Crippen molar-refractivity contribution >= 4 is 5.97 Å². The lowest BCUT2D eigenvalue weighted by Gasteiger charge is -2.12. The normalized spacial score (nSPS) is 12.3. The average molecular weight is 259 g/mol. The molecular weight excluding hydrogens is 242 g/mol. The first-order valence-electron chi connectivity index (χ1n) is 5.44. The smallest absolute Gasteiger partial charge is 0.338 e. The van der Waals surface area contributed by atoms with E-state index in [-0.39, 0.29) is 18.4 Å². The standard InChI is InChI=1S/C11H17NO6/c1-8(7-17-6-5-16-2)11(15)18-12-9(13)3-4-10(12)14/h3-4,8,13-14H,5-7H2,1-2H3. The molecule has 1 unspecified atom stereocenters. The van der Waals surface area contributed by atoms with E-state index in [9.17, 15) is 15.0 Å². The molecule has 1 rings (SSSR count). The van der Waals surface area contributed by atoms with Gasteiger partial charge in [-0.05, 0) is 6.92 Å². The van der Waals surface area contributed by atoms with Gasteiger partial charge < -0.3 is 24.5 Å². The van der Waals surface area contributed by atoms with Crippen molar-refractivity contribution in [2.45, 2.75) is 6.92 Å². The Morgan fingerprint density at radius 2 is 1.94 bits per heavy atom. The minimum atomic E-state index is -0.616. The first kappa shape index (κ1) is 14.3. The zero-order valence-corrected chi connectivity index (χ0v) is 10.3. The van der Waals surface area contributed by atoms with Crippen molar-refractivity contribution in [1.29, 1.82) is 0 Å². The van der Waals surface area contributed by atoms with E-state index < -0.39 is 11.9 Å². The number of rotatable bonds is 7. The van der Waals surface area contributed by atoms with Crippen LogP contribution >= 0.6 is 0 Å². The number of nitrogens with zero attached hydrogens (tertiary/aromatic N) is 1. The van der Waals surface area contributed by atoms with E-state index in [4.69, 9.17) is 14.3 Å². The maximum Gasteiger partial charge on any atom is 0.338 e.